The molecular formula is C12H17F3N2O. The van der Waals surface area contributed by atoms with Gasteiger partial charge in [0.15, 0.2) is 0 Å². The molecule has 0 saturated heterocycles. The van der Waals surface area contributed by atoms with Gasteiger partial charge in [0.05, 0.1) is 23.0 Å². The molecule has 3 nitrogen and oxygen atoms in total. The fraction of sp³-hybridized carbons (Fsp3) is 0.500. The number of rotatable bonds is 5. The molecule has 0 heterocycles. The lowest BCUT2D eigenvalue weighted by molar-refractivity contribution is -0.137. The number of hydrogen-bond donors (Lipinski definition) is 3. The van der Waals surface area contributed by atoms with Crippen molar-refractivity contribution in [1.82, 2.24) is 0 Å². The fourth-order valence-electron chi connectivity index (χ4n) is 1.56. The number of nitrogens with one attached hydrogen (secondary N) is 1. The van der Waals surface area contributed by atoms with E-state index in [9.17, 15) is 18.3 Å². The molecule has 0 aromatic heterocycles. The summed E-state index contributed by atoms with van der Waals surface area (Å²) in [6, 6.07) is 3.12. The molecule has 0 fully saturated rings. The molecule has 0 aliphatic heterocycles. The van der Waals surface area contributed by atoms with Gasteiger partial charge in [-0.25, -0.2) is 0 Å². The van der Waals surface area contributed by atoms with Crippen LogP contribution in [0.1, 0.15) is 25.3 Å². The summed E-state index contributed by atoms with van der Waals surface area (Å²) in [6.07, 6.45) is -3.45. The minimum atomic E-state index is -4.39. The summed E-state index contributed by atoms with van der Waals surface area (Å²) in [6.45, 7) is 2.21. The number of nitrogen functional groups attached to an aromatic ring is 1. The van der Waals surface area contributed by atoms with Crippen molar-refractivity contribution < 1.29 is 18.3 Å². The highest BCUT2D eigenvalue weighted by molar-refractivity contribution is 5.67. The SMILES string of the molecule is CCCC(O)CNc1ccc(C(F)(F)F)cc1N. The number of alkyl halides is 3. The first-order valence-electron chi connectivity index (χ1n) is 5.73. The second kappa shape index (κ2) is 5.95. The van der Waals surface area contributed by atoms with Gasteiger partial charge in [0, 0.05) is 6.54 Å². The molecule has 1 aromatic rings. The Morgan fingerprint density at radius 3 is 2.56 bits per heavy atom. The Balaban J connectivity index is 2.69. The summed E-state index contributed by atoms with van der Waals surface area (Å²) >= 11 is 0. The van der Waals surface area contributed by atoms with Crippen molar-refractivity contribution in [3.05, 3.63) is 23.8 Å². The Labute approximate surface area is 104 Å². The molecule has 4 N–H and O–H groups in total. The summed E-state index contributed by atoms with van der Waals surface area (Å²) in [5.41, 5.74) is 5.18. The van der Waals surface area contributed by atoms with Gasteiger partial charge in [0.25, 0.3) is 0 Å². The van der Waals surface area contributed by atoms with Crippen molar-refractivity contribution in [3.63, 3.8) is 0 Å². The van der Waals surface area contributed by atoms with Gasteiger partial charge >= 0.3 is 6.18 Å². The van der Waals surface area contributed by atoms with E-state index >= 15 is 0 Å². The summed E-state index contributed by atoms with van der Waals surface area (Å²) in [5.74, 6) is 0. The lowest BCUT2D eigenvalue weighted by atomic mass is 10.1. The number of aliphatic hydroxyl groups is 1. The Bertz CT molecular complexity index is 393. The van der Waals surface area contributed by atoms with Crippen LogP contribution in [0, 0.1) is 0 Å². The van der Waals surface area contributed by atoms with Gasteiger partial charge in [-0.3, -0.25) is 0 Å². The van der Waals surface area contributed by atoms with Gasteiger partial charge < -0.3 is 16.2 Å². The topological polar surface area (TPSA) is 58.3 Å². The molecule has 1 rings (SSSR count). The van der Waals surface area contributed by atoms with Crippen molar-refractivity contribution in [1.29, 1.82) is 0 Å². The van der Waals surface area contributed by atoms with E-state index in [4.69, 9.17) is 5.73 Å². The Kier molecular flexibility index (Phi) is 4.84. The molecule has 0 bridgehead atoms. The summed E-state index contributed by atoms with van der Waals surface area (Å²) in [5, 5.41) is 12.3. The Hall–Kier alpha value is -1.43. The van der Waals surface area contributed by atoms with E-state index in [1.807, 2.05) is 6.92 Å². The van der Waals surface area contributed by atoms with Crippen LogP contribution in [0.5, 0.6) is 0 Å². The highest BCUT2D eigenvalue weighted by Gasteiger charge is 2.30. The molecule has 0 saturated carbocycles. The number of benzene rings is 1. The predicted octanol–water partition coefficient (Wildman–Crippen LogP) is 2.86. The average molecular weight is 262 g/mol. The number of anilines is 2. The number of hydrogen-bond acceptors (Lipinski definition) is 3. The minimum Gasteiger partial charge on any atom is -0.397 e. The maximum Gasteiger partial charge on any atom is 0.416 e. The second-order valence-corrected chi connectivity index (χ2v) is 4.12. The van der Waals surface area contributed by atoms with Crippen LogP contribution in [0.3, 0.4) is 0 Å². The van der Waals surface area contributed by atoms with Crippen LogP contribution in [0.25, 0.3) is 0 Å². The lowest BCUT2D eigenvalue weighted by Crippen LogP contribution is -2.19. The normalized spacial score (nSPS) is 13.4. The highest BCUT2D eigenvalue weighted by Crippen LogP contribution is 2.32. The number of nitrogens with two attached hydrogens (primary N) is 1. The van der Waals surface area contributed by atoms with E-state index in [-0.39, 0.29) is 12.2 Å². The van der Waals surface area contributed by atoms with Crippen molar-refractivity contribution in [2.75, 3.05) is 17.6 Å². The molecule has 0 aliphatic rings. The van der Waals surface area contributed by atoms with Crippen LogP contribution in [0.2, 0.25) is 0 Å². The van der Waals surface area contributed by atoms with E-state index in [1.165, 1.54) is 6.07 Å². The largest absolute Gasteiger partial charge is 0.416 e. The molecule has 6 heteroatoms. The van der Waals surface area contributed by atoms with Crippen molar-refractivity contribution >= 4 is 11.4 Å². The Morgan fingerprint density at radius 2 is 2.06 bits per heavy atom. The minimum absolute atomic E-state index is 0.0218. The molecule has 18 heavy (non-hydrogen) atoms. The summed E-state index contributed by atoms with van der Waals surface area (Å²) in [4.78, 5) is 0. The maximum absolute atomic E-state index is 12.4. The molecule has 1 aromatic carbocycles. The number of aliphatic hydroxyl groups excluding tert-OH is 1. The van der Waals surface area contributed by atoms with E-state index in [0.717, 1.165) is 18.6 Å². The standard InChI is InChI=1S/C12H17F3N2O/c1-2-3-9(18)7-17-11-5-4-8(6-10(11)16)12(13,14)15/h4-6,9,17-18H,2-3,7,16H2,1H3. The van der Waals surface area contributed by atoms with Crippen LogP contribution in [-0.2, 0) is 6.18 Å². The molecule has 0 aliphatic carbocycles. The van der Waals surface area contributed by atoms with Gasteiger partial charge in [-0.2, -0.15) is 13.2 Å². The van der Waals surface area contributed by atoms with Gasteiger partial charge in [-0.1, -0.05) is 13.3 Å². The number of halogens is 3. The zero-order chi connectivity index (χ0) is 13.8. The van der Waals surface area contributed by atoms with Gasteiger partial charge in [-0.05, 0) is 24.6 Å². The fourth-order valence-corrected chi connectivity index (χ4v) is 1.56. The van der Waals surface area contributed by atoms with Gasteiger partial charge in [-0.15, -0.1) is 0 Å². The first-order valence-corrected chi connectivity index (χ1v) is 5.73. The van der Waals surface area contributed by atoms with E-state index < -0.39 is 17.8 Å². The van der Waals surface area contributed by atoms with E-state index in [2.05, 4.69) is 5.32 Å². The molecule has 102 valence electrons. The third-order valence-electron chi connectivity index (χ3n) is 2.53. The van der Waals surface area contributed by atoms with Crippen molar-refractivity contribution in [3.8, 4) is 0 Å². The van der Waals surface area contributed by atoms with Crippen LogP contribution in [0.4, 0.5) is 24.5 Å². The van der Waals surface area contributed by atoms with Crippen LogP contribution in [0.15, 0.2) is 18.2 Å². The molecular weight excluding hydrogens is 245 g/mol. The predicted molar refractivity (Wildman–Crippen MR) is 65.3 cm³/mol. The molecule has 1 unspecified atom stereocenters. The molecule has 1 atom stereocenters. The van der Waals surface area contributed by atoms with Gasteiger partial charge in [0.1, 0.15) is 0 Å². The quantitative estimate of drug-likeness (QED) is 0.715. The van der Waals surface area contributed by atoms with Crippen LogP contribution in [-0.4, -0.2) is 17.8 Å². The monoisotopic (exact) mass is 262 g/mol. The lowest BCUT2D eigenvalue weighted by Gasteiger charge is -2.15. The zero-order valence-electron chi connectivity index (χ0n) is 10.1. The molecule has 0 spiro atoms. The van der Waals surface area contributed by atoms with Crippen LogP contribution >= 0.6 is 0 Å². The van der Waals surface area contributed by atoms with Crippen LogP contribution < -0.4 is 11.1 Å². The van der Waals surface area contributed by atoms with Crippen molar-refractivity contribution in [2.24, 2.45) is 0 Å². The van der Waals surface area contributed by atoms with Gasteiger partial charge in [0.2, 0.25) is 0 Å². The second-order valence-electron chi connectivity index (χ2n) is 4.12. The zero-order valence-corrected chi connectivity index (χ0v) is 10.1. The third-order valence-corrected chi connectivity index (χ3v) is 2.53. The molecule has 0 amide bonds. The molecule has 0 radical (unpaired) electrons. The third kappa shape index (κ3) is 4.10. The van der Waals surface area contributed by atoms with E-state index in [0.29, 0.717) is 12.1 Å². The first kappa shape index (κ1) is 14.6. The average Bonchev–Trinajstić information content (AvgIpc) is 2.26. The smallest absolute Gasteiger partial charge is 0.397 e. The summed E-state index contributed by atoms with van der Waals surface area (Å²) in [7, 11) is 0. The highest BCUT2D eigenvalue weighted by atomic mass is 19.4. The maximum atomic E-state index is 12.4. The Morgan fingerprint density at radius 1 is 1.39 bits per heavy atom. The first-order chi connectivity index (χ1) is 8.34. The van der Waals surface area contributed by atoms with Crippen molar-refractivity contribution in [2.45, 2.75) is 32.0 Å². The summed E-state index contributed by atoms with van der Waals surface area (Å²) < 4.78 is 37.2. The van der Waals surface area contributed by atoms with E-state index in [1.54, 1.807) is 0 Å².